The number of carbonyl (C=O) groups excluding carboxylic acids is 1. The maximum Gasteiger partial charge on any atom is 0.224 e. The molecule has 0 bridgehead atoms. The molecule has 0 saturated heterocycles. The summed E-state index contributed by atoms with van der Waals surface area (Å²) < 4.78 is 0. The molecule has 1 amide bonds. The molecular weight excluding hydrogens is 272 g/mol. The minimum absolute atomic E-state index is 0.0530. The van der Waals surface area contributed by atoms with Crippen molar-refractivity contribution in [3.05, 3.63) is 65.0 Å². The highest BCUT2D eigenvalue weighted by Crippen LogP contribution is 2.40. The predicted octanol–water partition coefficient (Wildman–Crippen LogP) is 3.51. The van der Waals surface area contributed by atoms with Gasteiger partial charge < -0.3 is 5.32 Å². The molecule has 1 aliphatic carbocycles. The van der Waals surface area contributed by atoms with Gasteiger partial charge >= 0.3 is 0 Å². The number of amides is 1. The van der Waals surface area contributed by atoms with E-state index >= 15 is 0 Å². The van der Waals surface area contributed by atoms with E-state index in [1.807, 2.05) is 37.4 Å². The van der Waals surface area contributed by atoms with Crippen molar-refractivity contribution in [3.63, 3.8) is 0 Å². The molecule has 0 aliphatic heterocycles. The van der Waals surface area contributed by atoms with E-state index in [2.05, 4.69) is 29.4 Å². The summed E-state index contributed by atoms with van der Waals surface area (Å²) in [4.78, 5) is 16.8. The fourth-order valence-electron chi connectivity index (χ4n) is 2.82. The summed E-state index contributed by atoms with van der Waals surface area (Å²) in [5.41, 5.74) is 4.41. The Morgan fingerprint density at radius 1 is 1.23 bits per heavy atom. The standard InChI is InChI=1S/C19H22N2O/c1-13-4-3-5-15(10-13)12-18(22)21-19(16-6-7-16)17-11-14(2)8-9-20-17/h3-5,8-11,16,19H,6-7,12H2,1-2H3,(H,21,22). The fraction of sp³-hybridized carbons (Fsp3) is 0.368. The number of rotatable bonds is 5. The van der Waals surface area contributed by atoms with Crippen LogP contribution >= 0.6 is 0 Å². The second-order valence-electron chi connectivity index (χ2n) is 6.31. The first kappa shape index (κ1) is 14.8. The summed E-state index contributed by atoms with van der Waals surface area (Å²) in [6.07, 6.45) is 4.60. The second kappa shape index (κ2) is 6.30. The molecule has 22 heavy (non-hydrogen) atoms. The average Bonchev–Trinajstić information content (AvgIpc) is 3.29. The van der Waals surface area contributed by atoms with Gasteiger partial charge in [0.25, 0.3) is 0 Å². The molecule has 1 saturated carbocycles. The number of hydrogen-bond donors (Lipinski definition) is 1. The zero-order valence-corrected chi connectivity index (χ0v) is 13.2. The normalized spacial score (nSPS) is 15.4. The SMILES string of the molecule is Cc1cccc(CC(=O)NC(c2cc(C)ccn2)C2CC2)c1. The molecule has 3 nitrogen and oxygen atoms in total. The van der Waals surface area contributed by atoms with Crippen molar-refractivity contribution in [1.82, 2.24) is 10.3 Å². The number of aromatic nitrogens is 1. The van der Waals surface area contributed by atoms with Crippen LogP contribution in [0.3, 0.4) is 0 Å². The topological polar surface area (TPSA) is 42.0 Å². The Kier molecular flexibility index (Phi) is 4.23. The summed E-state index contributed by atoms with van der Waals surface area (Å²) in [6.45, 7) is 4.11. The van der Waals surface area contributed by atoms with Crippen LogP contribution in [0.15, 0.2) is 42.6 Å². The van der Waals surface area contributed by atoms with Gasteiger partial charge in [0, 0.05) is 6.20 Å². The van der Waals surface area contributed by atoms with Crippen molar-refractivity contribution in [2.45, 2.75) is 39.2 Å². The Hall–Kier alpha value is -2.16. The molecule has 0 radical (unpaired) electrons. The van der Waals surface area contributed by atoms with Gasteiger partial charge in [-0.3, -0.25) is 9.78 Å². The molecule has 2 aromatic rings. The van der Waals surface area contributed by atoms with Crippen LogP contribution in [0.25, 0.3) is 0 Å². The van der Waals surface area contributed by atoms with E-state index in [9.17, 15) is 4.79 Å². The third-order valence-electron chi connectivity index (χ3n) is 4.11. The molecule has 1 aromatic heterocycles. The Labute approximate surface area is 131 Å². The molecule has 1 heterocycles. The molecule has 3 heteroatoms. The molecular formula is C19H22N2O. The number of nitrogens with one attached hydrogen (secondary N) is 1. The minimum Gasteiger partial charge on any atom is -0.347 e. The molecule has 1 atom stereocenters. The highest BCUT2D eigenvalue weighted by atomic mass is 16.1. The Morgan fingerprint density at radius 3 is 2.68 bits per heavy atom. The molecule has 3 rings (SSSR count). The van der Waals surface area contributed by atoms with Crippen molar-refractivity contribution in [2.24, 2.45) is 5.92 Å². The Balaban J connectivity index is 1.70. The summed E-state index contributed by atoms with van der Waals surface area (Å²) >= 11 is 0. The maximum absolute atomic E-state index is 12.4. The van der Waals surface area contributed by atoms with E-state index in [-0.39, 0.29) is 11.9 Å². The van der Waals surface area contributed by atoms with Crippen molar-refractivity contribution in [3.8, 4) is 0 Å². The van der Waals surface area contributed by atoms with Crippen LogP contribution in [0.4, 0.5) is 0 Å². The highest BCUT2D eigenvalue weighted by Gasteiger charge is 2.34. The fourth-order valence-corrected chi connectivity index (χ4v) is 2.82. The van der Waals surface area contributed by atoms with Crippen LogP contribution in [0.5, 0.6) is 0 Å². The lowest BCUT2D eigenvalue weighted by atomic mass is 10.0. The van der Waals surface area contributed by atoms with Gasteiger partial charge in [-0.15, -0.1) is 0 Å². The van der Waals surface area contributed by atoms with Gasteiger partial charge in [0.1, 0.15) is 0 Å². The smallest absolute Gasteiger partial charge is 0.224 e. The van der Waals surface area contributed by atoms with Gasteiger partial charge in [-0.05, 0) is 55.9 Å². The quantitative estimate of drug-likeness (QED) is 0.917. The maximum atomic E-state index is 12.4. The summed E-state index contributed by atoms with van der Waals surface area (Å²) in [7, 11) is 0. The first-order chi connectivity index (χ1) is 10.6. The average molecular weight is 294 g/mol. The van der Waals surface area contributed by atoms with Crippen molar-refractivity contribution in [2.75, 3.05) is 0 Å². The Morgan fingerprint density at radius 2 is 2.00 bits per heavy atom. The summed E-state index contributed by atoms with van der Waals surface area (Å²) in [5.74, 6) is 0.613. The largest absolute Gasteiger partial charge is 0.347 e. The van der Waals surface area contributed by atoms with E-state index < -0.39 is 0 Å². The second-order valence-corrected chi connectivity index (χ2v) is 6.31. The highest BCUT2D eigenvalue weighted by molar-refractivity contribution is 5.79. The van der Waals surface area contributed by atoms with Crippen molar-refractivity contribution < 1.29 is 4.79 Å². The number of benzene rings is 1. The predicted molar refractivity (Wildman–Crippen MR) is 87.5 cm³/mol. The van der Waals surface area contributed by atoms with Crippen LogP contribution in [-0.2, 0) is 11.2 Å². The van der Waals surface area contributed by atoms with Crippen molar-refractivity contribution >= 4 is 5.91 Å². The van der Waals surface area contributed by atoms with E-state index in [4.69, 9.17) is 0 Å². The van der Waals surface area contributed by atoms with E-state index in [1.54, 1.807) is 0 Å². The lowest BCUT2D eigenvalue weighted by molar-refractivity contribution is -0.121. The van der Waals surface area contributed by atoms with Crippen molar-refractivity contribution in [1.29, 1.82) is 0 Å². The van der Waals surface area contributed by atoms with E-state index in [0.717, 1.165) is 11.3 Å². The van der Waals surface area contributed by atoms with Gasteiger partial charge in [0.2, 0.25) is 5.91 Å². The van der Waals surface area contributed by atoms with Crippen LogP contribution < -0.4 is 5.32 Å². The molecule has 1 fully saturated rings. The number of carbonyl (C=O) groups is 1. The molecule has 1 aromatic carbocycles. The van der Waals surface area contributed by atoms with Gasteiger partial charge in [-0.2, -0.15) is 0 Å². The third kappa shape index (κ3) is 3.73. The summed E-state index contributed by atoms with van der Waals surface area (Å²) in [5, 5.41) is 3.19. The van der Waals surface area contributed by atoms with Crippen LogP contribution in [0.2, 0.25) is 0 Å². The third-order valence-corrected chi connectivity index (χ3v) is 4.11. The van der Waals surface area contributed by atoms with Gasteiger partial charge in [-0.25, -0.2) is 0 Å². The van der Waals surface area contributed by atoms with Gasteiger partial charge in [-0.1, -0.05) is 29.8 Å². The lowest BCUT2D eigenvalue weighted by Crippen LogP contribution is -2.31. The minimum atomic E-state index is 0.0530. The van der Waals surface area contributed by atoms with Crippen LogP contribution in [-0.4, -0.2) is 10.9 Å². The first-order valence-electron chi connectivity index (χ1n) is 7.89. The molecule has 0 spiro atoms. The number of pyridine rings is 1. The van der Waals surface area contributed by atoms with Gasteiger partial charge in [0.05, 0.1) is 18.2 Å². The van der Waals surface area contributed by atoms with E-state index in [1.165, 1.54) is 24.0 Å². The zero-order valence-electron chi connectivity index (χ0n) is 13.2. The lowest BCUT2D eigenvalue weighted by Gasteiger charge is -2.18. The monoisotopic (exact) mass is 294 g/mol. The number of hydrogen-bond acceptors (Lipinski definition) is 2. The van der Waals surface area contributed by atoms with Crippen LogP contribution in [0.1, 0.15) is 41.3 Å². The number of aryl methyl sites for hydroxylation is 2. The van der Waals surface area contributed by atoms with Crippen LogP contribution in [0, 0.1) is 19.8 Å². The summed E-state index contributed by atoms with van der Waals surface area (Å²) in [6, 6.07) is 12.2. The Bertz CT molecular complexity index is 677. The first-order valence-corrected chi connectivity index (χ1v) is 7.89. The molecule has 114 valence electrons. The zero-order chi connectivity index (χ0) is 15.5. The molecule has 1 N–H and O–H groups in total. The molecule has 1 unspecified atom stereocenters. The van der Waals surface area contributed by atoms with E-state index in [0.29, 0.717) is 12.3 Å². The van der Waals surface area contributed by atoms with Gasteiger partial charge in [0.15, 0.2) is 0 Å². The molecule has 1 aliphatic rings. The number of nitrogens with zero attached hydrogens (tertiary/aromatic N) is 1.